The van der Waals surface area contributed by atoms with Crippen molar-refractivity contribution in [3.8, 4) is 0 Å². The Morgan fingerprint density at radius 3 is 2.61 bits per heavy atom. The summed E-state index contributed by atoms with van der Waals surface area (Å²) in [6.45, 7) is 3.91. The molecule has 1 aliphatic heterocycles. The molecule has 1 heterocycles. The number of ether oxygens (including phenoxy) is 2. The van der Waals surface area contributed by atoms with E-state index in [-0.39, 0.29) is 5.79 Å². The van der Waals surface area contributed by atoms with Crippen molar-refractivity contribution in [2.75, 3.05) is 13.2 Å². The molecule has 18 heavy (non-hydrogen) atoms. The van der Waals surface area contributed by atoms with Gasteiger partial charge in [0.2, 0.25) is 0 Å². The summed E-state index contributed by atoms with van der Waals surface area (Å²) in [5.41, 5.74) is 0. The van der Waals surface area contributed by atoms with Crippen molar-refractivity contribution in [3.63, 3.8) is 0 Å². The fourth-order valence-electron chi connectivity index (χ4n) is 3.03. The molecule has 3 rings (SSSR count). The Kier molecular flexibility index (Phi) is 3.76. The van der Waals surface area contributed by atoms with Crippen molar-refractivity contribution in [2.24, 2.45) is 5.92 Å². The molecular weight excluding hydrogens is 291 g/mol. The van der Waals surface area contributed by atoms with Crippen LogP contribution in [0.4, 0.5) is 0 Å². The molecular formula is C15H20O2Se. The van der Waals surface area contributed by atoms with Crippen LogP contribution in [-0.4, -0.2) is 34.0 Å². The first kappa shape index (κ1) is 12.7. The second-order valence-electron chi connectivity index (χ2n) is 5.23. The third-order valence-electron chi connectivity index (χ3n) is 3.92. The van der Waals surface area contributed by atoms with E-state index >= 15 is 0 Å². The second-order valence-corrected chi connectivity index (χ2v) is 7.78. The van der Waals surface area contributed by atoms with E-state index in [1.807, 2.05) is 0 Å². The quantitative estimate of drug-likeness (QED) is 0.781. The summed E-state index contributed by atoms with van der Waals surface area (Å²) in [5, 5.41) is 0. The van der Waals surface area contributed by atoms with Crippen LogP contribution in [0.1, 0.15) is 26.2 Å². The predicted molar refractivity (Wildman–Crippen MR) is 73.2 cm³/mol. The van der Waals surface area contributed by atoms with E-state index in [0.29, 0.717) is 25.7 Å². The monoisotopic (exact) mass is 312 g/mol. The van der Waals surface area contributed by atoms with E-state index in [0.717, 1.165) is 19.6 Å². The van der Waals surface area contributed by atoms with Gasteiger partial charge in [0.1, 0.15) is 0 Å². The zero-order valence-electron chi connectivity index (χ0n) is 10.8. The summed E-state index contributed by atoms with van der Waals surface area (Å²) in [6.07, 6.45) is 3.63. The van der Waals surface area contributed by atoms with Gasteiger partial charge in [-0.1, -0.05) is 0 Å². The number of hydrogen-bond acceptors (Lipinski definition) is 2. The first-order chi connectivity index (χ1) is 8.80. The molecule has 1 saturated heterocycles. The molecule has 98 valence electrons. The molecule has 2 nitrogen and oxygen atoms in total. The topological polar surface area (TPSA) is 18.5 Å². The van der Waals surface area contributed by atoms with Crippen molar-refractivity contribution in [1.82, 2.24) is 0 Å². The molecule has 0 aromatic heterocycles. The van der Waals surface area contributed by atoms with Gasteiger partial charge in [0.15, 0.2) is 0 Å². The van der Waals surface area contributed by atoms with E-state index in [2.05, 4.69) is 37.3 Å². The number of rotatable bonds is 2. The fraction of sp³-hybridized carbons (Fsp3) is 0.600. The molecule has 1 saturated carbocycles. The van der Waals surface area contributed by atoms with Gasteiger partial charge in [0.05, 0.1) is 0 Å². The van der Waals surface area contributed by atoms with Gasteiger partial charge in [-0.05, 0) is 0 Å². The predicted octanol–water partition coefficient (Wildman–Crippen LogP) is 2.37. The summed E-state index contributed by atoms with van der Waals surface area (Å²) in [6, 6.07) is 10.8. The van der Waals surface area contributed by atoms with Gasteiger partial charge >= 0.3 is 115 Å². The van der Waals surface area contributed by atoms with E-state index in [1.165, 1.54) is 17.3 Å². The Balaban J connectivity index is 1.81. The van der Waals surface area contributed by atoms with Gasteiger partial charge in [0.25, 0.3) is 0 Å². The van der Waals surface area contributed by atoms with Crippen LogP contribution in [0.25, 0.3) is 0 Å². The third-order valence-corrected chi connectivity index (χ3v) is 7.32. The maximum absolute atomic E-state index is 6.03. The molecule has 0 unspecified atom stereocenters. The SMILES string of the molecule is C[C@@H]1CCCC2(OCCO2)[C@H]1[Se]c1ccccc1. The van der Waals surface area contributed by atoms with Crippen LogP contribution in [-0.2, 0) is 9.47 Å². The standard InChI is InChI=1S/C15H20O2Se/c1-12-6-5-9-15(16-10-11-17-15)14(12)18-13-7-3-2-4-8-13/h2-4,7-8,12,14H,5-6,9-11H2,1H3/t12-,14+/m1/s1. The van der Waals surface area contributed by atoms with E-state index in [1.54, 1.807) is 0 Å². The first-order valence-electron chi connectivity index (χ1n) is 6.80. The average Bonchev–Trinajstić information content (AvgIpc) is 2.85. The second kappa shape index (κ2) is 5.34. The van der Waals surface area contributed by atoms with Gasteiger partial charge in [-0.2, -0.15) is 0 Å². The van der Waals surface area contributed by atoms with Crippen LogP contribution in [0.2, 0.25) is 4.82 Å². The third kappa shape index (κ3) is 2.37. The van der Waals surface area contributed by atoms with Crippen LogP contribution in [0.3, 0.4) is 0 Å². The molecule has 0 N–H and O–H groups in total. The zero-order valence-corrected chi connectivity index (χ0v) is 12.5. The van der Waals surface area contributed by atoms with Crippen molar-refractivity contribution in [1.29, 1.82) is 0 Å². The summed E-state index contributed by atoms with van der Waals surface area (Å²) in [4.78, 5) is 0.559. The van der Waals surface area contributed by atoms with E-state index < -0.39 is 0 Å². The number of benzene rings is 1. The maximum atomic E-state index is 6.03. The molecule has 1 spiro atoms. The van der Waals surface area contributed by atoms with Gasteiger partial charge in [-0.15, -0.1) is 0 Å². The van der Waals surface area contributed by atoms with Crippen molar-refractivity contribution in [3.05, 3.63) is 30.3 Å². The minimum atomic E-state index is -0.256. The Bertz CT molecular complexity index is 387. The van der Waals surface area contributed by atoms with Gasteiger partial charge < -0.3 is 0 Å². The molecule has 2 atom stereocenters. The summed E-state index contributed by atoms with van der Waals surface area (Å²) >= 11 is 0.436. The molecule has 2 fully saturated rings. The molecule has 1 aliphatic carbocycles. The molecule has 1 aromatic carbocycles. The molecule has 1 aromatic rings. The minimum absolute atomic E-state index is 0.256. The summed E-state index contributed by atoms with van der Waals surface area (Å²) < 4.78 is 13.5. The molecule has 0 radical (unpaired) electrons. The zero-order chi connectivity index (χ0) is 12.4. The summed E-state index contributed by atoms with van der Waals surface area (Å²) in [7, 11) is 0. The average molecular weight is 311 g/mol. The van der Waals surface area contributed by atoms with Crippen molar-refractivity contribution < 1.29 is 9.47 Å². The van der Waals surface area contributed by atoms with Crippen LogP contribution in [0, 0.1) is 5.92 Å². The Hall–Kier alpha value is -0.341. The van der Waals surface area contributed by atoms with E-state index in [9.17, 15) is 0 Å². The van der Waals surface area contributed by atoms with Crippen molar-refractivity contribution in [2.45, 2.75) is 36.8 Å². The van der Waals surface area contributed by atoms with E-state index in [4.69, 9.17) is 9.47 Å². The van der Waals surface area contributed by atoms with Gasteiger partial charge in [0, 0.05) is 0 Å². The normalized spacial score (nSPS) is 30.7. The van der Waals surface area contributed by atoms with Crippen LogP contribution < -0.4 is 4.46 Å². The molecule has 2 aliphatic rings. The Morgan fingerprint density at radius 1 is 1.17 bits per heavy atom. The van der Waals surface area contributed by atoms with Crippen LogP contribution in [0.15, 0.2) is 30.3 Å². The Morgan fingerprint density at radius 2 is 1.89 bits per heavy atom. The first-order valence-corrected chi connectivity index (χ1v) is 8.64. The molecule has 0 amide bonds. The van der Waals surface area contributed by atoms with Crippen LogP contribution >= 0.6 is 0 Å². The fourth-order valence-corrected chi connectivity index (χ4v) is 5.99. The Labute approximate surface area is 115 Å². The van der Waals surface area contributed by atoms with Crippen molar-refractivity contribution >= 4 is 19.4 Å². The molecule has 0 bridgehead atoms. The van der Waals surface area contributed by atoms with Gasteiger partial charge in [-0.25, -0.2) is 0 Å². The number of hydrogen-bond donors (Lipinski definition) is 0. The van der Waals surface area contributed by atoms with Gasteiger partial charge in [-0.3, -0.25) is 0 Å². The molecule has 3 heteroatoms. The summed E-state index contributed by atoms with van der Waals surface area (Å²) in [5.74, 6) is 0.449. The van der Waals surface area contributed by atoms with Crippen LogP contribution in [0.5, 0.6) is 0 Å².